The molecular weight excluding hydrogens is 384 g/mol. The maximum atomic E-state index is 13.5. The highest BCUT2D eigenvalue weighted by Gasteiger charge is 2.40. The Hall–Kier alpha value is -2.61. The molecule has 164 valence electrons. The molecule has 2 N–H and O–H groups in total. The smallest absolute Gasteiger partial charge is 0.407 e. The molecule has 2 aliphatic heterocycles. The summed E-state index contributed by atoms with van der Waals surface area (Å²) in [7, 11) is 1.31. The molecule has 0 aliphatic carbocycles. The molecule has 8 nitrogen and oxygen atoms in total. The van der Waals surface area contributed by atoms with E-state index in [1.54, 1.807) is 12.3 Å². The molecule has 3 heterocycles. The summed E-state index contributed by atoms with van der Waals surface area (Å²) in [5.41, 5.74) is 1.90. The van der Waals surface area contributed by atoms with Crippen LogP contribution in [-0.2, 0) is 14.3 Å². The van der Waals surface area contributed by atoms with Crippen molar-refractivity contribution < 1.29 is 19.1 Å². The van der Waals surface area contributed by atoms with E-state index in [4.69, 9.17) is 9.47 Å². The van der Waals surface area contributed by atoms with Crippen LogP contribution in [0.4, 0.5) is 4.79 Å². The normalized spacial score (nSPS) is 21.3. The van der Waals surface area contributed by atoms with Gasteiger partial charge in [0.25, 0.3) is 0 Å². The number of rotatable bonds is 7. The molecule has 2 unspecified atom stereocenters. The summed E-state index contributed by atoms with van der Waals surface area (Å²) < 4.78 is 10.2. The number of carbonyl (C=O) groups is 2. The molecule has 30 heavy (non-hydrogen) atoms. The van der Waals surface area contributed by atoms with E-state index in [0.29, 0.717) is 19.8 Å². The van der Waals surface area contributed by atoms with E-state index in [1.807, 2.05) is 4.90 Å². The van der Waals surface area contributed by atoms with Crippen molar-refractivity contribution in [3.8, 4) is 0 Å². The first-order valence-electron chi connectivity index (χ1n) is 10.7. The SMILES string of the molecule is C=C/C(=C\CC)c1cnc(C2CCCN2C(=O)C(NC(=O)OC)C2CCOCC2)[nH]1. The van der Waals surface area contributed by atoms with Gasteiger partial charge in [-0.2, -0.15) is 0 Å². The first kappa shape index (κ1) is 22.1. The molecule has 2 aliphatic rings. The van der Waals surface area contributed by atoms with Crippen molar-refractivity contribution in [1.29, 1.82) is 0 Å². The van der Waals surface area contributed by atoms with Gasteiger partial charge in [0, 0.05) is 19.8 Å². The Bertz CT molecular complexity index is 782. The maximum Gasteiger partial charge on any atom is 0.407 e. The summed E-state index contributed by atoms with van der Waals surface area (Å²) in [6.07, 6.45) is 9.18. The maximum absolute atomic E-state index is 13.5. The van der Waals surface area contributed by atoms with Crippen molar-refractivity contribution in [3.63, 3.8) is 0 Å². The summed E-state index contributed by atoms with van der Waals surface area (Å²) in [6, 6.07) is -0.763. The van der Waals surface area contributed by atoms with Gasteiger partial charge in [0.15, 0.2) is 0 Å². The average Bonchev–Trinajstić information content (AvgIpc) is 3.45. The van der Waals surface area contributed by atoms with Gasteiger partial charge in [-0.1, -0.05) is 25.7 Å². The standard InChI is InChI=1S/C22H32N4O4/c1-4-7-15(5-2)17-14-23-20(24-17)18-8-6-11-26(18)21(27)19(25-22(28)29-3)16-9-12-30-13-10-16/h5,7,14,16,18-19H,2,4,6,8-13H2,1,3H3,(H,23,24)(H,25,28)/b15-7+. The van der Waals surface area contributed by atoms with Gasteiger partial charge in [-0.15, -0.1) is 0 Å². The van der Waals surface area contributed by atoms with Crippen LogP contribution in [0.5, 0.6) is 0 Å². The van der Waals surface area contributed by atoms with Crippen LogP contribution in [-0.4, -0.2) is 59.8 Å². The highest BCUT2D eigenvalue weighted by molar-refractivity contribution is 5.86. The van der Waals surface area contributed by atoms with E-state index in [1.165, 1.54) is 7.11 Å². The highest BCUT2D eigenvalue weighted by atomic mass is 16.5. The van der Waals surface area contributed by atoms with Gasteiger partial charge >= 0.3 is 6.09 Å². The third kappa shape index (κ3) is 4.92. The molecule has 0 bridgehead atoms. The number of hydrogen-bond donors (Lipinski definition) is 2. The van der Waals surface area contributed by atoms with Gasteiger partial charge in [0.1, 0.15) is 11.9 Å². The number of aromatic amines is 1. The molecular formula is C22H32N4O4. The second-order valence-electron chi connectivity index (χ2n) is 7.71. The van der Waals surface area contributed by atoms with Gasteiger partial charge in [-0.3, -0.25) is 4.79 Å². The van der Waals surface area contributed by atoms with Crippen LogP contribution >= 0.6 is 0 Å². The van der Waals surface area contributed by atoms with Crippen molar-refractivity contribution in [2.75, 3.05) is 26.9 Å². The van der Waals surface area contributed by atoms with Crippen LogP contribution in [0.3, 0.4) is 0 Å². The number of likely N-dealkylation sites (tertiary alicyclic amines) is 1. The third-order valence-corrected chi connectivity index (χ3v) is 5.86. The summed E-state index contributed by atoms with van der Waals surface area (Å²) in [5.74, 6) is 0.711. The second kappa shape index (κ2) is 10.4. The number of alkyl carbamates (subject to hydrolysis) is 1. The van der Waals surface area contributed by atoms with E-state index in [9.17, 15) is 9.59 Å². The molecule has 3 rings (SSSR count). The molecule has 2 atom stereocenters. The van der Waals surface area contributed by atoms with Crippen LogP contribution in [0.1, 0.15) is 56.6 Å². The van der Waals surface area contributed by atoms with Gasteiger partial charge < -0.3 is 24.7 Å². The Morgan fingerprint density at radius 3 is 2.87 bits per heavy atom. The number of carbonyl (C=O) groups excluding carboxylic acids is 2. The summed E-state index contributed by atoms with van der Waals surface area (Å²) in [5, 5.41) is 2.77. The first-order chi connectivity index (χ1) is 14.6. The van der Waals surface area contributed by atoms with E-state index in [-0.39, 0.29) is 17.9 Å². The largest absolute Gasteiger partial charge is 0.453 e. The molecule has 1 aromatic heterocycles. The van der Waals surface area contributed by atoms with Crippen molar-refractivity contribution in [1.82, 2.24) is 20.2 Å². The van der Waals surface area contributed by atoms with Gasteiger partial charge in [-0.05, 0) is 43.6 Å². The van der Waals surface area contributed by atoms with Crippen molar-refractivity contribution in [2.24, 2.45) is 5.92 Å². The minimum Gasteiger partial charge on any atom is -0.453 e. The molecule has 2 fully saturated rings. The second-order valence-corrected chi connectivity index (χ2v) is 7.71. The monoisotopic (exact) mass is 416 g/mol. The van der Waals surface area contributed by atoms with Crippen LogP contribution in [0.15, 0.2) is 24.9 Å². The van der Waals surface area contributed by atoms with E-state index in [2.05, 4.69) is 34.9 Å². The molecule has 0 spiro atoms. The number of H-pyrrole nitrogens is 1. The lowest BCUT2D eigenvalue weighted by molar-refractivity contribution is -0.136. The number of imidazole rings is 1. The van der Waals surface area contributed by atoms with Crippen LogP contribution in [0, 0.1) is 5.92 Å². The minimum atomic E-state index is -0.625. The fourth-order valence-electron chi connectivity index (χ4n) is 4.29. The number of amides is 2. The van der Waals surface area contributed by atoms with E-state index < -0.39 is 12.1 Å². The fourth-order valence-corrected chi connectivity index (χ4v) is 4.29. The van der Waals surface area contributed by atoms with Crippen LogP contribution in [0.25, 0.3) is 5.57 Å². The third-order valence-electron chi connectivity index (χ3n) is 5.86. The van der Waals surface area contributed by atoms with E-state index in [0.717, 1.165) is 49.2 Å². The average molecular weight is 417 g/mol. The predicted octanol–water partition coefficient (Wildman–Crippen LogP) is 3.20. The molecule has 2 saturated heterocycles. The number of aromatic nitrogens is 2. The fraction of sp³-hybridized carbons (Fsp3) is 0.591. The zero-order chi connectivity index (χ0) is 21.5. The number of ether oxygens (including phenoxy) is 2. The molecule has 0 aromatic carbocycles. The molecule has 0 saturated carbocycles. The van der Waals surface area contributed by atoms with Crippen molar-refractivity contribution >= 4 is 17.6 Å². The minimum absolute atomic E-state index is 0.0265. The number of hydrogen-bond acceptors (Lipinski definition) is 5. The van der Waals surface area contributed by atoms with Crippen LogP contribution < -0.4 is 5.32 Å². The molecule has 8 heteroatoms. The Labute approximate surface area is 177 Å². The molecule has 0 radical (unpaired) electrons. The first-order valence-corrected chi connectivity index (χ1v) is 10.7. The zero-order valence-electron chi connectivity index (χ0n) is 17.9. The lowest BCUT2D eigenvalue weighted by atomic mass is 9.90. The molecule has 2 amide bonds. The quantitative estimate of drug-likeness (QED) is 0.666. The van der Waals surface area contributed by atoms with Gasteiger partial charge in [0.2, 0.25) is 5.91 Å². The Balaban J connectivity index is 1.80. The summed E-state index contributed by atoms with van der Waals surface area (Å²) in [4.78, 5) is 35.2. The highest BCUT2D eigenvalue weighted by Crippen LogP contribution is 2.33. The number of methoxy groups -OCH3 is 1. The van der Waals surface area contributed by atoms with Gasteiger partial charge in [-0.25, -0.2) is 9.78 Å². The summed E-state index contributed by atoms with van der Waals surface area (Å²) >= 11 is 0. The lowest BCUT2D eigenvalue weighted by Gasteiger charge is -2.34. The lowest BCUT2D eigenvalue weighted by Crippen LogP contribution is -2.53. The topological polar surface area (TPSA) is 96.6 Å². The van der Waals surface area contributed by atoms with Crippen LogP contribution in [0.2, 0.25) is 0 Å². The van der Waals surface area contributed by atoms with Crippen molar-refractivity contribution in [2.45, 2.75) is 51.1 Å². The Morgan fingerprint density at radius 1 is 1.43 bits per heavy atom. The van der Waals surface area contributed by atoms with E-state index >= 15 is 0 Å². The van der Waals surface area contributed by atoms with Crippen molar-refractivity contribution in [3.05, 3.63) is 36.4 Å². The zero-order valence-corrected chi connectivity index (χ0v) is 17.9. The Kier molecular flexibility index (Phi) is 7.68. The Morgan fingerprint density at radius 2 is 2.20 bits per heavy atom. The number of nitrogens with one attached hydrogen (secondary N) is 2. The predicted molar refractivity (Wildman–Crippen MR) is 114 cm³/mol. The van der Waals surface area contributed by atoms with Gasteiger partial charge in [0.05, 0.1) is 25.0 Å². The molecule has 1 aromatic rings. The number of allylic oxidation sites excluding steroid dienone is 3. The summed E-state index contributed by atoms with van der Waals surface area (Å²) in [6.45, 7) is 7.77. The number of nitrogens with zero attached hydrogens (tertiary/aromatic N) is 2.